The van der Waals surface area contributed by atoms with E-state index in [-0.39, 0.29) is 103 Å². The van der Waals surface area contributed by atoms with Crippen LogP contribution in [-0.2, 0) is 96.4 Å². The molecule has 2 aliphatic rings. The number of nitrogens with one attached hydrogen (secondary N) is 4. The smallest absolute Gasteiger partial charge is 0.416 e. The van der Waals surface area contributed by atoms with E-state index in [4.69, 9.17) is 30.0 Å². The number of ether oxygens (including phenoxy) is 2. The first-order chi connectivity index (χ1) is 61.1. The molecule has 9 rings (SSSR count). The molecule has 6 amide bonds. The number of nitrogens with two attached hydrogens (primary N) is 3. The average Bonchev–Trinajstić information content (AvgIpc) is 1.58. The highest BCUT2D eigenvalue weighted by atomic mass is 32.2. The second-order valence-corrected chi connectivity index (χ2v) is 38.9. The van der Waals surface area contributed by atoms with E-state index >= 15 is 0 Å². The maximum absolute atomic E-state index is 14.2. The van der Waals surface area contributed by atoms with Crippen molar-refractivity contribution in [2.45, 2.75) is 190 Å². The number of alkyl carbamates (subject to hydrolysis) is 2. The molecular formula is C90H110F9N11O17S3. The van der Waals surface area contributed by atoms with Crippen LogP contribution in [0.1, 0.15) is 151 Å². The molecule has 2 saturated carbocycles. The molecule has 130 heavy (non-hydrogen) atoms. The van der Waals surface area contributed by atoms with Crippen molar-refractivity contribution >= 4 is 65.3 Å². The molecule has 708 valence electrons. The van der Waals surface area contributed by atoms with Gasteiger partial charge in [-0.2, -0.15) is 18.3 Å². The summed E-state index contributed by atoms with van der Waals surface area (Å²) in [6, 6.07) is 19.8. The molecule has 2 aliphatic carbocycles. The number of carbonyl (C=O) groups is 6. The van der Waals surface area contributed by atoms with Crippen LogP contribution in [0.4, 0.5) is 49.1 Å². The third-order valence-corrected chi connectivity index (χ3v) is 26.9. The van der Waals surface area contributed by atoms with Crippen LogP contribution in [0, 0.1) is 66.5 Å². The highest BCUT2D eigenvalue weighted by Gasteiger charge is 2.56. The summed E-state index contributed by atoms with van der Waals surface area (Å²) in [4.78, 5) is 83.3. The van der Waals surface area contributed by atoms with Crippen LogP contribution >= 0.6 is 0 Å². The topological polar surface area (TPSA) is 437 Å². The van der Waals surface area contributed by atoms with Crippen LogP contribution in [0.5, 0.6) is 0 Å². The number of benzene rings is 6. The Balaban J connectivity index is 0.000000267. The Morgan fingerprint density at radius 1 is 0.500 bits per heavy atom. The van der Waals surface area contributed by atoms with Crippen LogP contribution in [0.2, 0.25) is 0 Å². The molecule has 13 N–H and O–H groups in total. The number of aliphatic hydroxyl groups is 3. The summed E-state index contributed by atoms with van der Waals surface area (Å²) >= 11 is 0. The number of aromatic nitrogens is 2. The van der Waals surface area contributed by atoms with E-state index in [0.717, 1.165) is 73.7 Å². The zero-order valence-electron chi connectivity index (χ0n) is 72.5. The summed E-state index contributed by atoms with van der Waals surface area (Å²) < 4.78 is 210. The van der Waals surface area contributed by atoms with Gasteiger partial charge in [-0.15, -0.1) is 12.8 Å². The van der Waals surface area contributed by atoms with Gasteiger partial charge in [-0.05, 0) is 183 Å². The lowest BCUT2D eigenvalue weighted by Crippen LogP contribution is -2.58. The molecule has 2 fully saturated rings. The average molecular weight is 1890 g/mol. The van der Waals surface area contributed by atoms with Crippen molar-refractivity contribution in [1.29, 1.82) is 0 Å². The largest absolute Gasteiger partial charge is 0.453 e. The standard InChI is InChI=1S/C31H37F2N5O5S.C30H37F2N3O6S.C29H36F5N3O6S/c1-4-6-10-44(42,43)19-28(35-30(40)27-11-20(3)36-37-27)31(41)38(17-22-9-7-8-21(5-2)12-22)18-29(39)26(34)15-23-13-24(32)16-25(33)14-23;1-4-6-12-42(39,40)19-26(34-29(38)41-3)28(37)35(30(10-11-30)22-9-7-8-20(5-2)13-22)18-27(36)25(33)16-21-14-23(31)17-24(32)15-21;1-3-4-10-44(41,42)17-24(36-27(40)43-2)26(39)37(16-25(38)23(35)13-18-11-21(30)15-22(31)12-18)28(8-9-28)19-6-5-7-20(14-19)29(32,33)34/h2,7-9,11-14,16,26,28-29,39H,4,6,10,15,17-19,34H2,1,3H3,(H,35,40)(H,36,37);2,7-9,13-15,17,25-27,36H,4,6,10-12,16,18-19,33H2,1,3H3,(H,34,38);5-7,11-12,14-15,23-25,38H,3-4,8-10,13,16-17,35H2,1-2H3,(H,36,40)/t26-,28+,29+;25-,26+,27+;23-,24+,25+/m000/s1. The van der Waals surface area contributed by atoms with Crippen LogP contribution in [0.25, 0.3) is 0 Å². The van der Waals surface area contributed by atoms with Gasteiger partial charge in [0.05, 0.1) is 83.7 Å². The molecule has 1 heterocycles. The van der Waals surface area contributed by atoms with Crippen molar-refractivity contribution in [3.63, 3.8) is 0 Å². The van der Waals surface area contributed by atoms with Gasteiger partial charge in [0.15, 0.2) is 29.5 Å². The van der Waals surface area contributed by atoms with Crippen molar-refractivity contribution in [3.05, 3.63) is 230 Å². The lowest BCUT2D eigenvalue weighted by molar-refractivity contribution is -0.139. The molecule has 0 aliphatic heterocycles. The number of alkyl halides is 3. The summed E-state index contributed by atoms with van der Waals surface area (Å²) in [7, 11) is -9.39. The highest BCUT2D eigenvalue weighted by molar-refractivity contribution is 7.92. The van der Waals surface area contributed by atoms with Gasteiger partial charge in [-0.25, -0.2) is 61.2 Å². The Morgan fingerprint density at radius 2 is 0.854 bits per heavy atom. The van der Waals surface area contributed by atoms with Crippen LogP contribution in [0.15, 0.2) is 133 Å². The first-order valence-corrected chi connectivity index (χ1v) is 47.1. The number of terminal acetylenes is 2. The Bertz CT molecular complexity index is 5460. The number of hydrogen-bond acceptors (Lipinski definition) is 21. The monoisotopic (exact) mass is 1880 g/mol. The van der Waals surface area contributed by atoms with E-state index < -0.39 is 201 Å². The molecule has 0 saturated heterocycles. The van der Waals surface area contributed by atoms with Gasteiger partial charge in [0.2, 0.25) is 17.7 Å². The second-order valence-electron chi connectivity index (χ2n) is 32.2. The molecule has 0 bridgehead atoms. The SMILES string of the molecule is C#Cc1cccc(C2(N(C[C@@H](O)[C@@H](N)Cc3cc(F)cc(F)c3)C(=O)[C@@H](CS(=O)(=O)CCCC)NC(=O)OC)CC2)c1.C#Cc1cccc(CN(C[C@@H](O)[C@@H](N)Cc2cc(F)cc(F)c2)C(=O)[C@@H](CS(=O)(=O)CCCC)NC(=O)c2cc(C)[nH]n2)c1.CCCCS(=O)(=O)C[C@@H](NC(=O)OC)C(=O)N(C[C@@H](O)[C@@H](N)Cc1cc(F)cc(F)c1)C1(c2cccc(C(F)(F)F)c2)CC1. The Labute approximate surface area is 750 Å². The van der Waals surface area contributed by atoms with E-state index in [0.29, 0.717) is 85.0 Å². The lowest BCUT2D eigenvalue weighted by Gasteiger charge is -2.38. The Hall–Kier alpha value is -11.0. The van der Waals surface area contributed by atoms with Gasteiger partial charge in [0, 0.05) is 79.3 Å². The fourth-order valence-corrected chi connectivity index (χ4v) is 19.4. The number of sulfone groups is 3. The van der Waals surface area contributed by atoms with Crippen LogP contribution < -0.4 is 33.2 Å². The number of carbonyl (C=O) groups excluding carboxylic acids is 6. The fraction of sp³-hybridized carbons (Fsp3) is 0.456. The number of methoxy groups -OCH3 is 2. The number of halogens is 9. The van der Waals surface area contributed by atoms with Crippen molar-refractivity contribution in [2.24, 2.45) is 17.2 Å². The predicted octanol–water partition coefficient (Wildman–Crippen LogP) is 8.56. The molecule has 7 aromatic rings. The highest BCUT2D eigenvalue weighted by Crippen LogP contribution is 2.53. The van der Waals surface area contributed by atoms with Crippen LogP contribution in [0.3, 0.4) is 0 Å². The number of unbranched alkanes of at least 4 members (excludes halogenated alkanes) is 3. The third kappa shape index (κ3) is 32.0. The molecule has 28 nitrogen and oxygen atoms in total. The van der Waals surface area contributed by atoms with Crippen LogP contribution in [-0.4, -0.2) is 224 Å². The zero-order chi connectivity index (χ0) is 96.4. The van der Waals surface area contributed by atoms with E-state index in [1.807, 2.05) is 13.8 Å². The summed E-state index contributed by atoms with van der Waals surface area (Å²) in [6.07, 6.45) is 3.52. The molecule has 40 heteroatoms. The van der Waals surface area contributed by atoms with E-state index in [1.54, 1.807) is 62.4 Å². The first-order valence-electron chi connectivity index (χ1n) is 41.7. The normalized spacial score (nSPS) is 15.3. The number of hydrogen-bond donors (Lipinski definition) is 10. The van der Waals surface area contributed by atoms with Gasteiger partial charge >= 0.3 is 18.4 Å². The molecule has 1 aromatic heterocycles. The summed E-state index contributed by atoms with van der Waals surface area (Å²) in [6.45, 7) is 5.65. The number of H-pyrrole nitrogens is 1. The van der Waals surface area contributed by atoms with Gasteiger partial charge in [-0.3, -0.25) is 24.3 Å². The predicted molar refractivity (Wildman–Crippen MR) is 467 cm³/mol. The Kier molecular flexibility index (Phi) is 39.0. The first kappa shape index (κ1) is 106. The third-order valence-electron chi connectivity index (χ3n) is 21.7. The van der Waals surface area contributed by atoms with Gasteiger partial charge in [-0.1, -0.05) is 88.3 Å². The minimum Gasteiger partial charge on any atom is -0.453 e. The maximum atomic E-state index is 14.2. The fourth-order valence-electron chi connectivity index (χ4n) is 14.5. The number of amides is 6. The number of rotatable bonds is 43. The quantitative estimate of drug-likeness (QED) is 0.0126. The molecule has 0 unspecified atom stereocenters. The molecule has 9 atom stereocenters. The minimum absolute atomic E-state index is 0.0380. The maximum Gasteiger partial charge on any atom is 0.416 e. The lowest BCUT2D eigenvalue weighted by atomic mass is 9.96. The van der Waals surface area contributed by atoms with Crippen molar-refractivity contribution in [3.8, 4) is 24.7 Å². The second kappa shape index (κ2) is 47.7. The Morgan fingerprint density at radius 3 is 1.20 bits per heavy atom. The van der Waals surface area contributed by atoms with Crippen molar-refractivity contribution in [1.82, 2.24) is 40.8 Å². The molecular weight excluding hydrogens is 1770 g/mol. The van der Waals surface area contributed by atoms with Crippen molar-refractivity contribution < 1.29 is 118 Å². The van der Waals surface area contributed by atoms with Gasteiger partial charge < -0.3 is 72.6 Å². The summed E-state index contributed by atoms with van der Waals surface area (Å²) in [5.41, 5.74) is 18.7. The number of aliphatic hydroxyl groups excluding tert-OH is 3. The summed E-state index contributed by atoms with van der Waals surface area (Å²) in [5, 5.41) is 46.9. The van der Waals surface area contributed by atoms with Gasteiger partial charge in [0.1, 0.15) is 58.7 Å². The number of aromatic amines is 1. The van der Waals surface area contributed by atoms with E-state index in [2.05, 4.69) is 47.5 Å². The van der Waals surface area contributed by atoms with E-state index in [9.17, 15) is 109 Å². The van der Waals surface area contributed by atoms with E-state index in [1.165, 1.54) is 28.0 Å². The molecule has 0 radical (unpaired) electrons. The molecule has 0 spiro atoms. The molecule has 6 aromatic carbocycles. The number of nitrogens with zero attached hydrogens (tertiary/aromatic N) is 4. The zero-order valence-corrected chi connectivity index (χ0v) is 75.0. The van der Waals surface area contributed by atoms with Crippen molar-refractivity contribution in [2.75, 3.05) is 68.4 Å². The number of aryl methyl sites for hydroxylation is 1. The minimum atomic E-state index is -4.70. The summed E-state index contributed by atoms with van der Waals surface area (Å²) in [5.74, 6) is -6.05. The van der Waals surface area contributed by atoms with Gasteiger partial charge in [0.25, 0.3) is 5.91 Å².